The highest BCUT2D eigenvalue weighted by Gasteiger charge is 2.34. The summed E-state index contributed by atoms with van der Waals surface area (Å²) in [7, 11) is 1.57. The fraction of sp³-hybridized carbons (Fsp3) is 0.261. The molecule has 8 heteroatoms. The normalized spacial score (nSPS) is 17.8. The molecule has 0 bridgehead atoms. The van der Waals surface area contributed by atoms with Crippen molar-refractivity contribution >= 4 is 35.7 Å². The topological polar surface area (TPSA) is 118 Å². The Labute approximate surface area is 179 Å². The maximum absolute atomic E-state index is 12.9. The highest BCUT2D eigenvalue weighted by atomic mass is 16.2. The minimum absolute atomic E-state index is 0.154. The van der Waals surface area contributed by atoms with Gasteiger partial charge in [-0.2, -0.15) is 0 Å². The van der Waals surface area contributed by atoms with E-state index in [9.17, 15) is 14.4 Å². The molecule has 1 fully saturated rings. The second-order valence-corrected chi connectivity index (χ2v) is 7.59. The molecule has 3 N–H and O–H groups in total. The number of aliphatic imine (C=N–C) groups is 1. The Morgan fingerprint density at radius 1 is 1.23 bits per heavy atom. The molecule has 4 rings (SSSR count). The molecule has 0 spiro atoms. The number of amidine groups is 1. The average molecular weight is 417 g/mol. The molecular weight excluding hydrogens is 394 g/mol. The number of amides is 2. The van der Waals surface area contributed by atoms with Crippen molar-refractivity contribution < 1.29 is 14.4 Å². The molecule has 0 aliphatic carbocycles. The number of carbonyl (C=O) groups is 3. The van der Waals surface area contributed by atoms with Gasteiger partial charge in [-0.15, -0.1) is 0 Å². The maximum Gasteiger partial charge on any atom is 0.273 e. The number of nitrogens with two attached hydrogens (primary N) is 1. The molecule has 8 nitrogen and oxygen atoms in total. The van der Waals surface area contributed by atoms with Gasteiger partial charge >= 0.3 is 0 Å². The summed E-state index contributed by atoms with van der Waals surface area (Å²) in [6.45, 7) is 0.543. The molecule has 2 amide bonds. The van der Waals surface area contributed by atoms with Crippen LogP contribution in [-0.2, 0) is 9.59 Å². The summed E-state index contributed by atoms with van der Waals surface area (Å²) in [5, 5.41) is 2.62. The first-order valence-electron chi connectivity index (χ1n) is 10.1. The highest BCUT2D eigenvalue weighted by molar-refractivity contribution is 5.98. The Kier molecular flexibility index (Phi) is 5.62. The van der Waals surface area contributed by atoms with Crippen LogP contribution >= 0.6 is 0 Å². The molecule has 1 aromatic carbocycles. The van der Waals surface area contributed by atoms with Crippen LogP contribution in [0.5, 0.6) is 0 Å². The maximum atomic E-state index is 12.9. The van der Waals surface area contributed by atoms with Crippen LogP contribution in [0.3, 0.4) is 0 Å². The standard InChI is InChI=1S/C23H23N5O3/c1-25-22(30)20-3-2-8-28(20)23(31)18-7-6-17(12-26-18)15-4-5-16-9-14(13-29)10-21(24)27-19(16)11-15/h4-7,9,11-13,20H,2-3,8,10H2,1H3,(H2,24,27)(H,25,30)/t20-/m0/s1. The van der Waals surface area contributed by atoms with Crippen molar-refractivity contribution in [2.75, 3.05) is 13.6 Å². The lowest BCUT2D eigenvalue weighted by Crippen LogP contribution is -2.45. The van der Waals surface area contributed by atoms with E-state index in [2.05, 4.69) is 15.3 Å². The predicted molar refractivity (Wildman–Crippen MR) is 118 cm³/mol. The predicted octanol–water partition coefficient (Wildman–Crippen LogP) is 2.07. The number of aromatic nitrogens is 1. The SMILES string of the molecule is CNC(=O)[C@@H]1CCCN1C(=O)c1ccc(-c2ccc3c(c2)N=C(N)CC(C=O)=C3)cn1. The highest BCUT2D eigenvalue weighted by Crippen LogP contribution is 2.31. The van der Waals surface area contributed by atoms with E-state index < -0.39 is 6.04 Å². The second-order valence-electron chi connectivity index (χ2n) is 7.59. The van der Waals surface area contributed by atoms with E-state index >= 15 is 0 Å². The molecule has 2 aliphatic rings. The summed E-state index contributed by atoms with van der Waals surface area (Å²) in [6, 6.07) is 8.72. The fourth-order valence-corrected chi connectivity index (χ4v) is 3.96. The lowest BCUT2D eigenvalue weighted by atomic mass is 10.0. The molecule has 1 atom stereocenters. The third-order valence-corrected chi connectivity index (χ3v) is 5.55. The average Bonchev–Trinajstić information content (AvgIpc) is 3.22. The number of pyridine rings is 1. The largest absolute Gasteiger partial charge is 0.387 e. The molecule has 0 unspecified atom stereocenters. The van der Waals surface area contributed by atoms with Crippen molar-refractivity contribution in [2.24, 2.45) is 10.7 Å². The summed E-state index contributed by atoms with van der Waals surface area (Å²) < 4.78 is 0. The van der Waals surface area contributed by atoms with E-state index in [1.165, 1.54) is 0 Å². The quantitative estimate of drug-likeness (QED) is 0.739. The Bertz CT molecular complexity index is 1100. The first-order valence-corrected chi connectivity index (χ1v) is 10.1. The van der Waals surface area contributed by atoms with Gasteiger partial charge in [0.25, 0.3) is 5.91 Å². The minimum atomic E-state index is -0.448. The third kappa shape index (κ3) is 4.09. The number of rotatable bonds is 4. The van der Waals surface area contributed by atoms with Crippen LogP contribution in [-0.4, -0.2) is 53.5 Å². The number of nitrogens with zero attached hydrogens (tertiary/aromatic N) is 3. The van der Waals surface area contributed by atoms with E-state index in [4.69, 9.17) is 5.73 Å². The lowest BCUT2D eigenvalue weighted by Gasteiger charge is -2.23. The number of carbonyl (C=O) groups excluding carboxylic acids is 3. The van der Waals surface area contributed by atoms with Crippen molar-refractivity contribution in [3.63, 3.8) is 0 Å². The van der Waals surface area contributed by atoms with Crippen LogP contribution in [0.2, 0.25) is 0 Å². The summed E-state index contributed by atoms with van der Waals surface area (Å²) in [5.74, 6) is -0.0212. The van der Waals surface area contributed by atoms with Gasteiger partial charge in [-0.3, -0.25) is 19.4 Å². The van der Waals surface area contributed by atoms with E-state index in [0.29, 0.717) is 42.2 Å². The molecule has 1 saturated heterocycles. The van der Waals surface area contributed by atoms with Gasteiger partial charge in [0.15, 0.2) is 0 Å². The smallest absolute Gasteiger partial charge is 0.273 e. The molecule has 158 valence electrons. The number of likely N-dealkylation sites (N-methyl/N-ethyl adjacent to an activating group) is 1. The van der Waals surface area contributed by atoms with E-state index in [1.54, 1.807) is 30.3 Å². The first-order chi connectivity index (χ1) is 15.0. The number of hydrogen-bond acceptors (Lipinski definition) is 6. The summed E-state index contributed by atoms with van der Waals surface area (Å²) >= 11 is 0. The second kappa shape index (κ2) is 8.51. The lowest BCUT2D eigenvalue weighted by molar-refractivity contribution is -0.124. The molecule has 2 aromatic rings. The Balaban J connectivity index is 1.59. The molecule has 1 aromatic heterocycles. The van der Waals surface area contributed by atoms with Gasteiger partial charge in [-0.05, 0) is 36.6 Å². The van der Waals surface area contributed by atoms with Gasteiger partial charge in [0.05, 0.1) is 5.69 Å². The monoisotopic (exact) mass is 417 g/mol. The van der Waals surface area contributed by atoms with E-state index in [-0.39, 0.29) is 11.8 Å². The number of aldehydes is 1. The zero-order chi connectivity index (χ0) is 22.0. The Morgan fingerprint density at radius 3 is 2.74 bits per heavy atom. The van der Waals surface area contributed by atoms with Crippen molar-refractivity contribution in [1.29, 1.82) is 0 Å². The van der Waals surface area contributed by atoms with E-state index in [0.717, 1.165) is 29.4 Å². The van der Waals surface area contributed by atoms with Gasteiger partial charge in [-0.1, -0.05) is 18.2 Å². The fourth-order valence-electron chi connectivity index (χ4n) is 3.96. The first kappa shape index (κ1) is 20.5. The Morgan fingerprint density at radius 2 is 2.03 bits per heavy atom. The summed E-state index contributed by atoms with van der Waals surface area (Å²) in [5.41, 5.74) is 9.99. The van der Waals surface area contributed by atoms with Gasteiger partial charge in [-0.25, -0.2) is 4.99 Å². The van der Waals surface area contributed by atoms with Crippen molar-refractivity contribution in [2.45, 2.75) is 25.3 Å². The summed E-state index contributed by atoms with van der Waals surface area (Å²) in [6.07, 6.45) is 5.98. The van der Waals surface area contributed by atoms with Gasteiger partial charge < -0.3 is 16.0 Å². The molecule has 3 heterocycles. The van der Waals surface area contributed by atoms with E-state index in [1.807, 2.05) is 24.3 Å². The zero-order valence-electron chi connectivity index (χ0n) is 17.2. The van der Waals surface area contributed by atoms with Gasteiger partial charge in [0.2, 0.25) is 5.91 Å². The molecule has 2 aliphatic heterocycles. The number of fused-ring (bicyclic) bond motifs is 1. The van der Waals surface area contributed by atoms with Crippen LogP contribution < -0.4 is 11.1 Å². The number of benzene rings is 1. The summed E-state index contributed by atoms with van der Waals surface area (Å²) in [4.78, 5) is 46.4. The molecular formula is C23H23N5O3. The number of nitrogens with one attached hydrogen (secondary N) is 1. The molecule has 31 heavy (non-hydrogen) atoms. The van der Waals surface area contributed by atoms with Crippen molar-refractivity contribution in [3.05, 3.63) is 53.4 Å². The van der Waals surface area contributed by atoms with Crippen molar-refractivity contribution in [3.8, 4) is 11.1 Å². The van der Waals surface area contributed by atoms with Crippen molar-refractivity contribution in [1.82, 2.24) is 15.2 Å². The third-order valence-electron chi connectivity index (χ3n) is 5.55. The van der Waals surface area contributed by atoms with Crippen LogP contribution in [0.25, 0.3) is 17.2 Å². The van der Waals surface area contributed by atoms with Crippen LogP contribution in [0.1, 0.15) is 35.3 Å². The molecule has 0 radical (unpaired) electrons. The number of hydrogen-bond donors (Lipinski definition) is 2. The van der Waals surface area contributed by atoms with Gasteiger partial charge in [0, 0.05) is 42.9 Å². The van der Waals surface area contributed by atoms with Gasteiger partial charge in [0.1, 0.15) is 23.9 Å². The number of likely N-dealkylation sites (tertiary alicyclic amines) is 1. The molecule has 0 saturated carbocycles. The van der Waals surface area contributed by atoms with Crippen LogP contribution in [0.15, 0.2) is 47.1 Å². The van der Waals surface area contributed by atoms with Crippen LogP contribution in [0, 0.1) is 0 Å². The van der Waals surface area contributed by atoms with Crippen LogP contribution in [0.4, 0.5) is 5.69 Å². The zero-order valence-corrected chi connectivity index (χ0v) is 17.2. The minimum Gasteiger partial charge on any atom is -0.387 e. The Hall–Kier alpha value is -3.81.